The lowest BCUT2D eigenvalue weighted by molar-refractivity contribution is -0.121. The highest BCUT2D eigenvalue weighted by Crippen LogP contribution is 2.02. The molecule has 0 radical (unpaired) electrons. The van der Waals surface area contributed by atoms with Gasteiger partial charge in [-0.25, -0.2) is 0 Å². The molecule has 0 saturated carbocycles. The summed E-state index contributed by atoms with van der Waals surface area (Å²) in [5.74, 6) is 0.274. The van der Waals surface area contributed by atoms with Crippen LogP contribution in [-0.2, 0) is 4.79 Å². The molecule has 0 rings (SSSR count). The van der Waals surface area contributed by atoms with E-state index in [0.717, 1.165) is 12.8 Å². The van der Waals surface area contributed by atoms with Crippen molar-refractivity contribution in [3.05, 3.63) is 0 Å². The van der Waals surface area contributed by atoms with E-state index in [4.69, 9.17) is 5.11 Å². The predicted molar refractivity (Wildman–Crippen MR) is 58.0 cm³/mol. The summed E-state index contributed by atoms with van der Waals surface area (Å²) in [6, 6.07) is 0. The monoisotopic (exact) mass is 201 g/mol. The van der Waals surface area contributed by atoms with Gasteiger partial charge < -0.3 is 10.4 Å². The first-order valence-corrected chi connectivity index (χ1v) is 5.58. The van der Waals surface area contributed by atoms with Crippen molar-refractivity contribution in [2.24, 2.45) is 5.92 Å². The van der Waals surface area contributed by atoms with Gasteiger partial charge in [0.15, 0.2) is 0 Å². The van der Waals surface area contributed by atoms with Crippen LogP contribution in [0.25, 0.3) is 0 Å². The zero-order valence-electron chi connectivity index (χ0n) is 9.38. The van der Waals surface area contributed by atoms with E-state index < -0.39 is 0 Å². The van der Waals surface area contributed by atoms with Crippen molar-refractivity contribution in [3.8, 4) is 0 Å². The van der Waals surface area contributed by atoms with Gasteiger partial charge >= 0.3 is 0 Å². The lowest BCUT2D eigenvalue weighted by Gasteiger charge is -2.09. The molecule has 0 aliphatic heterocycles. The Balaban J connectivity index is 3.28. The average molecular weight is 201 g/mol. The minimum absolute atomic E-state index is 0.112. The van der Waals surface area contributed by atoms with E-state index in [0.29, 0.717) is 13.0 Å². The molecular weight excluding hydrogens is 178 g/mol. The number of rotatable bonds is 8. The van der Waals surface area contributed by atoms with Crippen molar-refractivity contribution in [2.75, 3.05) is 13.2 Å². The smallest absolute Gasteiger partial charge is 0.220 e. The quantitative estimate of drug-likeness (QED) is 0.587. The zero-order valence-corrected chi connectivity index (χ0v) is 9.38. The lowest BCUT2D eigenvalue weighted by atomic mass is 10.1. The molecule has 14 heavy (non-hydrogen) atoms. The Bertz CT molecular complexity index is 148. The first-order chi connectivity index (χ1) is 6.70. The molecule has 1 amide bonds. The van der Waals surface area contributed by atoms with Crippen LogP contribution in [0.5, 0.6) is 0 Å². The number of hydrogen-bond donors (Lipinski definition) is 2. The maximum Gasteiger partial charge on any atom is 0.220 e. The molecule has 0 fully saturated rings. The van der Waals surface area contributed by atoms with Crippen LogP contribution >= 0.6 is 0 Å². The molecule has 1 unspecified atom stereocenters. The van der Waals surface area contributed by atoms with E-state index in [1.807, 2.05) is 6.92 Å². The molecule has 1 atom stereocenters. The Morgan fingerprint density at radius 3 is 2.64 bits per heavy atom. The Labute approximate surface area is 86.9 Å². The molecule has 0 heterocycles. The number of nitrogens with one attached hydrogen (secondary N) is 1. The largest absolute Gasteiger partial charge is 0.396 e. The molecule has 0 aliphatic carbocycles. The van der Waals surface area contributed by atoms with E-state index in [1.54, 1.807) is 0 Å². The Morgan fingerprint density at radius 1 is 1.36 bits per heavy atom. The molecule has 84 valence electrons. The van der Waals surface area contributed by atoms with Crippen molar-refractivity contribution >= 4 is 5.91 Å². The van der Waals surface area contributed by atoms with Gasteiger partial charge in [-0.3, -0.25) is 4.79 Å². The third kappa shape index (κ3) is 8.05. The molecule has 0 saturated heterocycles. The summed E-state index contributed by atoms with van der Waals surface area (Å²) in [6.45, 7) is 4.79. The maximum atomic E-state index is 11.2. The van der Waals surface area contributed by atoms with Gasteiger partial charge in [0.2, 0.25) is 5.91 Å². The molecular formula is C11H23NO2. The SMILES string of the molecule is CCCCCCC(=O)NCC(C)CO. The van der Waals surface area contributed by atoms with Gasteiger partial charge in [-0.15, -0.1) is 0 Å². The highest BCUT2D eigenvalue weighted by atomic mass is 16.3. The highest BCUT2D eigenvalue weighted by Gasteiger charge is 2.03. The van der Waals surface area contributed by atoms with Crippen LogP contribution in [0.1, 0.15) is 46.0 Å². The van der Waals surface area contributed by atoms with E-state index in [9.17, 15) is 4.79 Å². The van der Waals surface area contributed by atoms with Gasteiger partial charge in [-0.2, -0.15) is 0 Å². The number of carbonyl (C=O) groups excluding carboxylic acids is 1. The molecule has 0 aromatic rings. The Hall–Kier alpha value is -0.570. The van der Waals surface area contributed by atoms with Gasteiger partial charge in [0.1, 0.15) is 0 Å². The minimum atomic E-state index is 0.112. The van der Waals surface area contributed by atoms with Crippen LogP contribution in [0.4, 0.5) is 0 Å². The molecule has 0 bridgehead atoms. The number of unbranched alkanes of at least 4 members (excludes halogenated alkanes) is 3. The van der Waals surface area contributed by atoms with Gasteiger partial charge in [-0.1, -0.05) is 33.1 Å². The Kier molecular flexibility index (Phi) is 8.64. The molecule has 0 aliphatic rings. The number of aliphatic hydroxyl groups is 1. The average Bonchev–Trinajstić information content (AvgIpc) is 2.21. The number of carbonyl (C=O) groups is 1. The van der Waals surface area contributed by atoms with Crippen LogP contribution in [0, 0.1) is 5.92 Å². The molecule has 2 N–H and O–H groups in total. The fourth-order valence-electron chi connectivity index (χ4n) is 1.15. The summed E-state index contributed by atoms with van der Waals surface area (Å²) < 4.78 is 0. The summed E-state index contributed by atoms with van der Waals surface area (Å²) >= 11 is 0. The third-order valence-corrected chi connectivity index (χ3v) is 2.22. The van der Waals surface area contributed by atoms with Crippen molar-refractivity contribution in [1.29, 1.82) is 0 Å². The second-order valence-corrected chi connectivity index (χ2v) is 3.90. The number of amides is 1. The molecule has 3 heteroatoms. The second-order valence-electron chi connectivity index (χ2n) is 3.90. The second kappa shape index (κ2) is 9.00. The van der Waals surface area contributed by atoms with Crippen LogP contribution in [0.3, 0.4) is 0 Å². The summed E-state index contributed by atoms with van der Waals surface area (Å²) in [4.78, 5) is 11.2. The van der Waals surface area contributed by atoms with E-state index in [1.165, 1.54) is 12.8 Å². The standard InChI is InChI=1S/C11H23NO2/c1-3-4-5-6-7-11(14)12-8-10(2)9-13/h10,13H,3-9H2,1-2H3,(H,12,14). The minimum Gasteiger partial charge on any atom is -0.396 e. The summed E-state index contributed by atoms with van der Waals surface area (Å²) in [6.07, 6.45) is 5.15. The van der Waals surface area contributed by atoms with Crippen molar-refractivity contribution < 1.29 is 9.90 Å². The van der Waals surface area contributed by atoms with Crippen molar-refractivity contribution in [1.82, 2.24) is 5.32 Å². The molecule has 3 nitrogen and oxygen atoms in total. The fourth-order valence-corrected chi connectivity index (χ4v) is 1.15. The maximum absolute atomic E-state index is 11.2. The summed E-state index contributed by atoms with van der Waals surface area (Å²) in [7, 11) is 0. The van der Waals surface area contributed by atoms with Crippen LogP contribution in [0.15, 0.2) is 0 Å². The summed E-state index contributed by atoms with van der Waals surface area (Å²) in [5, 5.41) is 11.6. The van der Waals surface area contributed by atoms with Crippen LogP contribution in [-0.4, -0.2) is 24.2 Å². The van der Waals surface area contributed by atoms with Crippen LogP contribution in [0.2, 0.25) is 0 Å². The normalized spacial score (nSPS) is 12.5. The van der Waals surface area contributed by atoms with Gasteiger partial charge in [0.05, 0.1) is 0 Å². The third-order valence-electron chi connectivity index (χ3n) is 2.22. The summed E-state index contributed by atoms with van der Waals surface area (Å²) in [5.41, 5.74) is 0. The van der Waals surface area contributed by atoms with Crippen molar-refractivity contribution in [2.45, 2.75) is 46.0 Å². The van der Waals surface area contributed by atoms with Crippen molar-refractivity contribution in [3.63, 3.8) is 0 Å². The topological polar surface area (TPSA) is 49.3 Å². The highest BCUT2D eigenvalue weighted by molar-refractivity contribution is 5.75. The first kappa shape index (κ1) is 13.4. The molecule has 0 aromatic heterocycles. The predicted octanol–water partition coefficient (Wildman–Crippen LogP) is 1.70. The van der Waals surface area contributed by atoms with E-state index >= 15 is 0 Å². The molecule has 0 aromatic carbocycles. The zero-order chi connectivity index (χ0) is 10.8. The van der Waals surface area contributed by atoms with E-state index in [-0.39, 0.29) is 18.4 Å². The van der Waals surface area contributed by atoms with E-state index in [2.05, 4.69) is 12.2 Å². The van der Waals surface area contributed by atoms with Gasteiger partial charge in [0.25, 0.3) is 0 Å². The number of hydrogen-bond acceptors (Lipinski definition) is 2. The van der Waals surface area contributed by atoms with Crippen LogP contribution < -0.4 is 5.32 Å². The van der Waals surface area contributed by atoms with Gasteiger partial charge in [0, 0.05) is 19.6 Å². The lowest BCUT2D eigenvalue weighted by Crippen LogP contribution is -2.29. The molecule has 0 spiro atoms. The first-order valence-electron chi connectivity index (χ1n) is 5.58. The Morgan fingerprint density at radius 2 is 2.07 bits per heavy atom. The van der Waals surface area contributed by atoms with Gasteiger partial charge in [-0.05, 0) is 12.3 Å². The number of aliphatic hydroxyl groups excluding tert-OH is 1. The fraction of sp³-hybridized carbons (Fsp3) is 0.909.